The highest BCUT2D eigenvalue weighted by molar-refractivity contribution is 4.86. The third-order valence-corrected chi connectivity index (χ3v) is 18.7. The summed E-state index contributed by atoms with van der Waals surface area (Å²) in [5, 5.41) is 0. The molecule has 8 fully saturated rings. The fourth-order valence-corrected chi connectivity index (χ4v) is 11.2. The third kappa shape index (κ3) is 25.5. The molecule has 0 amide bonds. The van der Waals surface area contributed by atoms with E-state index >= 15 is 0 Å². The molecule has 0 spiro atoms. The van der Waals surface area contributed by atoms with Gasteiger partial charge in [0.25, 0.3) is 0 Å². The predicted octanol–water partition coefficient (Wildman–Crippen LogP) is 22.3. The number of rotatable bonds is 8. The van der Waals surface area contributed by atoms with Crippen molar-refractivity contribution in [3.63, 3.8) is 0 Å². The van der Waals surface area contributed by atoms with Gasteiger partial charge in [-0.25, -0.2) is 0 Å². The summed E-state index contributed by atoms with van der Waals surface area (Å²) in [4.78, 5) is 0. The first kappa shape index (κ1) is 58.0. The summed E-state index contributed by atoms with van der Waals surface area (Å²) < 4.78 is 0. The van der Waals surface area contributed by atoms with Crippen LogP contribution in [0.1, 0.15) is 342 Å². The Labute approximate surface area is 383 Å². The van der Waals surface area contributed by atoms with Crippen LogP contribution in [0.4, 0.5) is 0 Å². The van der Waals surface area contributed by atoms with Gasteiger partial charge in [0, 0.05) is 0 Å². The van der Waals surface area contributed by atoms with Crippen molar-refractivity contribution in [3.05, 3.63) is 0 Å². The van der Waals surface area contributed by atoms with E-state index < -0.39 is 0 Å². The molecular formula is C60H120. The van der Waals surface area contributed by atoms with E-state index in [9.17, 15) is 0 Å². The highest BCUT2D eigenvalue weighted by Gasteiger charge is 2.34. The first-order chi connectivity index (χ1) is 28.0. The summed E-state index contributed by atoms with van der Waals surface area (Å²) in [7, 11) is 0. The first-order valence-electron chi connectivity index (χ1n) is 28.0. The zero-order chi connectivity index (χ0) is 45.5. The van der Waals surface area contributed by atoms with E-state index in [1.807, 2.05) is 0 Å². The Balaban J connectivity index is 0.000000344. The van der Waals surface area contributed by atoms with Gasteiger partial charge in [-0.05, 0) is 159 Å². The van der Waals surface area contributed by atoms with Crippen LogP contribution in [0.25, 0.3) is 0 Å². The molecule has 0 aromatic carbocycles. The van der Waals surface area contributed by atoms with E-state index in [0.29, 0.717) is 5.41 Å². The van der Waals surface area contributed by atoms with E-state index in [0.717, 1.165) is 37.9 Å². The maximum Gasteiger partial charge on any atom is -0.0326 e. The predicted molar refractivity (Wildman–Crippen MR) is 276 cm³/mol. The molecule has 0 aromatic rings. The summed E-state index contributed by atoms with van der Waals surface area (Å²) in [6, 6.07) is 0. The van der Waals surface area contributed by atoms with Crippen LogP contribution < -0.4 is 0 Å². The van der Waals surface area contributed by atoms with Crippen molar-refractivity contribution in [1.29, 1.82) is 0 Å². The standard InChI is InChI=1S/2C9H18.2C8H16.2C7H14.2C6H12/c2*1-3-6-9(2)7-4-5-8-9;2*1-3-8(2)6-4-5-7-8;1-7(2)5-3-4-6-7;1-3-7(2)5-4-6-7;1-6(2)4-3-5-6;1-3-6(2)4-5-6/h2*3-8H2,1-2H3;2*3-7H2,1-2H3;2*3-6H2,1-2H3;2*3-5H2,1-2H3. The first-order valence-corrected chi connectivity index (χ1v) is 28.0. The fraction of sp³-hybridized carbons (Fsp3) is 1.00. The molecule has 0 radical (unpaired) electrons. The van der Waals surface area contributed by atoms with Gasteiger partial charge in [-0.15, -0.1) is 0 Å². The Morgan fingerprint density at radius 2 is 0.400 bits per heavy atom. The molecule has 8 aliphatic carbocycles. The molecule has 8 rings (SSSR count). The summed E-state index contributed by atoms with van der Waals surface area (Å²) in [6.07, 6.45) is 52.4. The molecule has 0 aliphatic heterocycles. The summed E-state index contributed by atoms with van der Waals surface area (Å²) in [6.45, 7) is 37.6. The average Bonchev–Trinajstić information content (AvgIpc) is 3.85. The van der Waals surface area contributed by atoms with Crippen molar-refractivity contribution in [3.8, 4) is 0 Å². The second-order valence-corrected chi connectivity index (χ2v) is 26.3. The van der Waals surface area contributed by atoms with Crippen molar-refractivity contribution in [2.45, 2.75) is 342 Å². The molecule has 60 heavy (non-hydrogen) atoms. The van der Waals surface area contributed by atoms with Crippen LogP contribution in [0, 0.1) is 43.3 Å². The van der Waals surface area contributed by atoms with E-state index in [-0.39, 0.29) is 0 Å². The van der Waals surface area contributed by atoms with Gasteiger partial charge in [-0.1, -0.05) is 226 Å². The van der Waals surface area contributed by atoms with Crippen molar-refractivity contribution >= 4 is 0 Å². The lowest BCUT2D eigenvalue weighted by atomic mass is 9.69. The van der Waals surface area contributed by atoms with E-state index in [1.165, 1.54) is 231 Å². The highest BCUT2D eigenvalue weighted by Crippen LogP contribution is 2.48. The van der Waals surface area contributed by atoms with Crippen molar-refractivity contribution in [2.75, 3.05) is 0 Å². The van der Waals surface area contributed by atoms with Gasteiger partial charge in [-0.2, -0.15) is 0 Å². The largest absolute Gasteiger partial charge is 0.0654 e. The lowest BCUT2D eigenvalue weighted by molar-refractivity contribution is 0.155. The third-order valence-electron chi connectivity index (χ3n) is 18.7. The molecule has 0 atom stereocenters. The Morgan fingerprint density at radius 3 is 0.500 bits per heavy atom. The molecule has 0 aromatic heterocycles. The normalized spacial score (nSPS) is 26.4. The quantitative estimate of drug-likeness (QED) is 0.228. The monoisotopic (exact) mass is 841 g/mol. The lowest BCUT2D eigenvalue weighted by Crippen LogP contribution is -2.23. The summed E-state index contributed by atoms with van der Waals surface area (Å²) in [5.41, 5.74) is 5.93. The van der Waals surface area contributed by atoms with Gasteiger partial charge >= 0.3 is 0 Å². The minimum atomic E-state index is 0.694. The maximum atomic E-state index is 2.45. The molecular weight excluding hydrogens is 721 g/mol. The second kappa shape index (κ2) is 28.1. The Kier molecular flexibility index (Phi) is 27.2. The number of hydrogen-bond acceptors (Lipinski definition) is 0. The molecule has 0 N–H and O–H groups in total. The molecule has 360 valence electrons. The molecule has 0 heteroatoms. The van der Waals surface area contributed by atoms with Gasteiger partial charge < -0.3 is 0 Å². The Morgan fingerprint density at radius 1 is 0.217 bits per heavy atom. The Bertz CT molecular complexity index is 953. The van der Waals surface area contributed by atoms with Gasteiger partial charge in [0.1, 0.15) is 0 Å². The zero-order valence-corrected chi connectivity index (χ0v) is 45.5. The summed E-state index contributed by atoms with van der Waals surface area (Å²) >= 11 is 0. The van der Waals surface area contributed by atoms with Gasteiger partial charge in [0.2, 0.25) is 0 Å². The van der Waals surface area contributed by atoms with E-state index in [1.54, 1.807) is 0 Å². The van der Waals surface area contributed by atoms with Crippen LogP contribution >= 0.6 is 0 Å². The average molecular weight is 842 g/mol. The second-order valence-electron chi connectivity index (χ2n) is 26.3. The maximum absolute atomic E-state index is 2.45. The SMILES string of the molecule is CC1(C)CCC1.CC1(C)CCCC1.CCC1(C)CC1.CCC1(C)CCC1.CCC1(C)CCCC1.CCC1(C)CCCC1.CCCC1(C)CCCC1.CCCC1(C)CCCC1. The van der Waals surface area contributed by atoms with Crippen LogP contribution in [0.15, 0.2) is 0 Å². The molecule has 0 bridgehead atoms. The van der Waals surface area contributed by atoms with E-state index in [2.05, 4.69) is 111 Å². The Hall–Kier alpha value is 0. The van der Waals surface area contributed by atoms with E-state index in [4.69, 9.17) is 0 Å². The molecule has 0 nitrogen and oxygen atoms in total. The van der Waals surface area contributed by atoms with Crippen LogP contribution in [-0.4, -0.2) is 0 Å². The minimum Gasteiger partial charge on any atom is -0.0654 e. The smallest absolute Gasteiger partial charge is 0.0326 e. The van der Waals surface area contributed by atoms with Gasteiger partial charge in [0.15, 0.2) is 0 Å². The minimum absolute atomic E-state index is 0.694. The molecule has 0 saturated heterocycles. The van der Waals surface area contributed by atoms with Crippen molar-refractivity contribution in [1.82, 2.24) is 0 Å². The van der Waals surface area contributed by atoms with Crippen LogP contribution in [-0.2, 0) is 0 Å². The van der Waals surface area contributed by atoms with Crippen LogP contribution in [0.3, 0.4) is 0 Å². The van der Waals surface area contributed by atoms with Crippen molar-refractivity contribution < 1.29 is 0 Å². The number of hydrogen-bond donors (Lipinski definition) is 0. The van der Waals surface area contributed by atoms with Crippen LogP contribution in [0.5, 0.6) is 0 Å². The molecule has 8 aliphatic rings. The van der Waals surface area contributed by atoms with Gasteiger partial charge in [-0.3, -0.25) is 0 Å². The molecule has 0 unspecified atom stereocenters. The highest BCUT2D eigenvalue weighted by atomic mass is 14.4. The zero-order valence-electron chi connectivity index (χ0n) is 45.5. The molecule has 8 saturated carbocycles. The fourth-order valence-electron chi connectivity index (χ4n) is 11.2. The van der Waals surface area contributed by atoms with Gasteiger partial charge in [0.05, 0.1) is 0 Å². The summed E-state index contributed by atoms with van der Waals surface area (Å²) in [5.74, 6) is 0. The molecule has 0 heterocycles. The topological polar surface area (TPSA) is 0 Å². The lowest BCUT2D eigenvalue weighted by Gasteiger charge is -2.37. The van der Waals surface area contributed by atoms with Crippen molar-refractivity contribution in [2.24, 2.45) is 43.3 Å². The van der Waals surface area contributed by atoms with Crippen LogP contribution in [0.2, 0.25) is 0 Å².